The number of pyridine rings is 1. The van der Waals surface area contributed by atoms with Gasteiger partial charge < -0.3 is 30.4 Å². The number of nitrogens with zero attached hydrogens (tertiary/aromatic N) is 1. The average Bonchev–Trinajstić information content (AvgIpc) is 2.92. The van der Waals surface area contributed by atoms with Gasteiger partial charge in [0.05, 0.1) is 7.11 Å². The van der Waals surface area contributed by atoms with Crippen LogP contribution in [0.2, 0.25) is 0 Å². The molecular weight excluding hydrogens is 506 g/mol. The highest BCUT2D eigenvalue weighted by Gasteiger charge is 2.27. The zero-order chi connectivity index (χ0) is 28.1. The first-order chi connectivity index (χ1) is 18.7. The zero-order valence-corrected chi connectivity index (χ0v) is 20.6. The lowest BCUT2D eigenvalue weighted by atomic mass is 9.95. The monoisotopic (exact) mass is 529 g/mol. The van der Waals surface area contributed by atoms with E-state index in [4.69, 9.17) is 15.2 Å². The van der Waals surface area contributed by atoms with E-state index in [-0.39, 0.29) is 23.0 Å². The molecule has 1 amide bonds. The molecule has 0 atom stereocenters. The molecule has 11 nitrogen and oxygen atoms in total. The van der Waals surface area contributed by atoms with Gasteiger partial charge in [0.25, 0.3) is 11.5 Å². The summed E-state index contributed by atoms with van der Waals surface area (Å²) in [7, 11) is 1.32. The summed E-state index contributed by atoms with van der Waals surface area (Å²) in [6.45, 7) is -0.391. The van der Waals surface area contributed by atoms with E-state index in [1.807, 2.05) is 12.1 Å². The molecule has 5 N–H and O–H groups in total. The van der Waals surface area contributed by atoms with Gasteiger partial charge in [-0.25, -0.2) is 9.59 Å². The summed E-state index contributed by atoms with van der Waals surface area (Å²) in [5, 5.41) is 19.3. The van der Waals surface area contributed by atoms with Crippen molar-refractivity contribution in [3.63, 3.8) is 0 Å². The van der Waals surface area contributed by atoms with Crippen LogP contribution in [0.25, 0.3) is 11.1 Å². The number of benzene rings is 3. The van der Waals surface area contributed by atoms with Gasteiger partial charge in [-0.1, -0.05) is 42.5 Å². The van der Waals surface area contributed by atoms with Crippen molar-refractivity contribution in [1.29, 1.82) is 0 Å². The molecule has 0 aliphatic rings. The fourth-order valence-corrected chi connectivity index (χ4v) is 4.07. The Morgan fingerprint density at radius 1 is 0.846 bits per heavy atom. The van der Waals surface area contributed by atoms with Gasteiger partial charge in [-0.15, -0.1) is 0 Å². The fourth-order valence-electron chi connectivity index (χ4n) is 4.07. The number of nitrogens with one attached hydrogen (secondary N) is 1. The lowest BCUT2D eigenvalue weighted by molar-refractivity contribution is -0.119. The Labute approximate surface area is 221 Å². The number of amides is 1. The normalized spacial score (nSPS) is 10.5. The third-order valence-electron chi connectivity index (χ3n) is 5.75. The Bertz CT molecular complexity index is 1560. The average molecular weight is 530 g/mol. The minimum atomic E-state index is -1.64. The number of anilines is 3. The van der Waals surface area contributed by atoms with Crippen LogP contribution in [0.1, 0.15) is 20.7 Å². The summed E-state index contributed by atoms with van der Waals surface area (Å²) in [5.41, 5.74) is 4.17. The number of carboxylic acids is 2. The molecule has 3 aromatic carbocycles. The molecule has 0 unspecified atom stereocenters. The number of carbonyl (C=O) groups excluding carboxylic acids is 1. The number of nitrogens with two attached hydrogens (primary N) is 1. The van der Waals surface area contributed by atoms with Crippen molar-refractivity contribution in [2.75, 3.05) is 24.4 Å². The molecule has 198 valence electrons. The number of para-hydroxylation sites is 2. The third kappa shape index (κ3) is 5.42. The minimum absolute atomic E-state index is 0.0355. The number of aromatic amines is 1. The zero-order valence-electron chi connectivity index (χ0n) is 20.6. The third-order valence-corrected chi connectivity index (χ3v) is 5.75. The molecule has 0 radical (unpaired) electrons. The Kier molecular flexibility index (Phi) is 7.62. The number of hydrogen-bond donors (Lipinski definition) is 4. The summed E-state index contributed by atoms with van der Waals surface area (Å²) in [6.07, 6.45) is 0. The number of H-pyrrole nitrogens is 1. The number of carboxylic acid groups (broad SMARTS) is 2. The number of aromatic carboxylic acids is 2. The van der Waals surface area contributed by atoms with E-state index >= 15 is 0 Å². The number of ether oxygens (including phenoxy) is 2. The molecule has 4 rings (SSSR count). The van der Waals surface area contributed by atoms with E-state index in [2.05, 4.69) is 4.98 Å². The minimum Gasteiger partial charge on any atom is -0.493 e. The van der Waals surface area contributed by atoms with Crippen LogP contribution < -0.4 is 25.7 Å². The topological polar surface area (TPSA) is 172 Å². The number of hydrogen-bond acceptors (Lipinski definition) is 7. The number of methoxy groups -OCH3 is 1. The van der Waals surface area contributed by atoms with Crippen LogP contribution in [0.5, 0.6) is 11.5 Å². The van der Waals surface area contributed by atoms with E-state index in [0.29, 0.717) is 11.4 Å². The lowest BCUT2D eigenvalue weighted by Crippen LogP contribution is -2.30. The molecule has 0 bridgehead atoms. The van der Waals surface area contributed by atoms with Gasteiger partial charge in [-0.3, -0.25) is 14.5 Å². The van der Waals surface area contributed by atoms with E-state index in [1.165, 1.54) is 30.2 Å². The Morgan fingerprint density at radius 3 is 1.92 bits per heavy atom. The van der Waals surface area contributed by atoms with E-state index in [9.17, 15) is 29.4 Å². The van der Waals surface area contributed by atoms with Crippen LogP contribution in [0.15, 0.2) is 83.7 Å². The second-order valence-corrected chi connectivity index (χ2v) is 8.16. The highest BCUT2D eigenvalue weighted by atomic mass is 16.5. The first kappa shape index (κ1) is 26.5. The maximum atomic E-state index is 13.3. The molecule has 0 aliphatic carbocycles. The standard InChI is InChI=1S/C28H23N3O8/c1-38-20-14-16(22-23(27(34)35)25(29)30-26(33)24(22)28(36)37)12-13-19(20)39-15-21(32)31(17-8-4-2-5-9-17)18-10-6-3-7-11-18/h2-14H,15H2,1H3,(H,34,35)(H,36,37)(H3,29,30,33). The Morgan fingerprint density at radius 2 is 1.41 bits per heavy atom. The van der Waals surface area contributed by atoms with Gasteiger partial charge in [-0.05, 0) is 42.0 Å². The molecule has 0 aliphatic heterocycles. The molecule has 0 fully saturated rings. The first-order valence-corrected chi connectivity index (χ1v) is 11.5. The quantitative estimate of drug-likeness (QED) is 0.252. The molecule has 11 heteroatoms. The number of aromatic nitrogens is 1. The van der Waals surface area contributed by atoms with Crippen LogP contribution in [0, 0.1) is 0 Å². The molecular formula is C28H23N3O8. The van der Waals surface area contributed by atoms with Gasteiger partial charge >= 0.3 is 11.9 Å². The predicted octanol–water partition coefficient (Wildman–Crippen LogP) is 3.77. The van der Waals surface area contributed by atoms with Crippen molar-refractivity contribution < 1.29 is 34.1 Å². The molecule has 0 saturated carbocycles. The highest BCUT2D eigenvalue weighted by molar-refractivity contribution is 6.07. The van der Waals surface area contributed by atoms with E-state index in [0.717, 1.165) is 0 Å². The van der Waals surface area contributed by atoms with Gasteiger partial charge in [0.1, 0.15) is 16.9 Å². The van der Waals surface area contributed by atoms with Crippen LogP contribution >= 0.6 is 0 Å². The molecule has 4 aromatic rings. The molecule has 39 heavy (non-hydrogen) atoms. The van der Waals surface area contributed by atoms with E-state index in [1.54, 1.807) is 48.5 Å². The second-order valence-electron chi connectivity index (χ2n) is 8.16. The number of carbonyl (C=O) groups is 3. The maximum Gasteiger partial charge on any atom is 0.342 e. The van der Waals surface area contributed by atoms with Crippen molar-refractivity contribution in [3.05, 3.63) is 100 Å². The Balaban J connectivity index is 1.69. The smallest absolute Gasteiger partial charge is 0.342 e. The molecule has 1 heterocycles. The van der Waals surface area contributed by atoms with Crippen molar-refractivity contribution in [2.45, 2.75) is 0 Å². The van der Waals surface area contributed by atoms with Gasteiger partial charge in [0.15, 0.2) is 18.1 Å². The molecule has 0 spiro atoms. The first-order valence-electron chi connectivity index (χ1n) is 11.5. The van der Waals surface area contributed by atoms with Crippen molar-refractivity contribution in [3.8, 4) is 22.6 Å². The van der Waals surface area contributed by atoms with Gasteiger partial charge in [-0.2, -0.15) is 0 Å². The van der Waals surface area contributed by atoms with Crippen molar-refractivity contribution in [2.24, 2.45) is 0 Å². The van der Waals surface area contributed by atoms with Gasteiger partial charge in [0, 0.05) is 16.9 Å². The van der Waals surface area contributed by atoms with Crippen molar-refractivity contribution in [1.82, 2.24) is 4.98 Å². The van der Waals surface area contributed by atoms with Crippen LogP contribution in [0.3, 0.4) is 0 Å². The fraction of sp³-hybridized carbons (Fsp3) is 0.0714. The summed E-state index contributed by atoms with van der Waals surface area (Å²) < 4.78 is 11.1. The number of rotatable bonds is 9. The summed E-state index contributed by atoms with van der Waals surface area (Å²) in [5.74, 6) is -3.87. The lowest BCUT2D eigenvalue weighted by Gasteiger charge is -2.23. The maximum absolute atomic E-state index is 13.3. The van der Waals surface area contributed by atoms with E-state index < -0.39 is 46.6 Å². The molecule has 1 aromatic heterocycles. The van der Waals surface area contributed by atoms with Crippen LogP contribution in [0.4, 0.5) is 17.2 Å². The van der Waals surface area contributed by atoms with Crippen molar-refractivity contribution >= 4 is 35.0 Å². The molecule has 0 saturated heterocycles. The Hall–Kier alpha value is -5.58. The van der Waals surface area contributed by atoms with Crippen LogP contribution in [-0.2, 0) is 4.79 Å². The second kappa shape index (κ2) is 11.2. The summed E-state index contributed by atoms with van der Waals surface area (Å²) >= 11 is 0. The summed E-state index contributed by atoms with van der Waals surface area (Å²) in [6, 6.07) is 22.1. The SMILES string of the molecule is COc1cc(-c2c(C(=O)O)c(N)[nH]c(=O)c2C(=O)O)ccc1OCC(=O)N(c1ccccc1)c1ccccc1. The predicted molar refractivity (Wildman–Crippen MR) is 143 cm³/mol. The number of nitrogen functional groups attached to an aromatic ring is 1. The van der Waals surface area contributed by atoms with Crippen LogP contribution in [-0.4, -0.2) is 46.8 Å². The van der Waals surface area contributed by atoms with Gasteiger partial charge in [0.2, 0.25) is 0 Å². The highest BCUT2D eigenvalue weighted by Crippen LogP contribution is 2.36. The summed E-state index contributed by atoms with van der Waals surface area (Å²) in [4.78, 5) is 52.9. The largest absolute Gasteiger partial charge is 0.493 e.